The van der Waals surface area contributed by atoms with Gasteiger partial charge in [-0.15, -0.1) is 0 Å². The van der Waals surface area contributed by atoms with Gasteiger partial charge in [0.15, 0.2) is 5.82 Å². The van der Waals surface area contributed by atoms with Crippen LogP contribution in [0.2, 0.25) is 0 Å². The minimum absolute atomic E-state index is 0.271. The number of halogens is 1. The molecule has 1 aromatic heterocycles. The van der Waals surface area contributed by atoms with E-state index in [1.165, 1.54) is 18.0 Å². The van der Waals surface area contributed by atoms with Gasteiger partial charge in [-0.25, -0.2) is 14.8 Å². The summed E-state index contributed by atoms with van der Waals surface area (Å²) in [6, 6.07) is 4.33. The number of benzene rings is 1. The van der Waals surface area contributed by atoms with Crippen LogP contribution in [0.15, 0.2) is 30.3 Å². The van der Waals surface area contributed by atoms with Crippen LogP contribution >= 0.6 is 0 Å². The lowest BCUT2D eigenvalue weighted by Crippen LogP contribution is -2.61. The smallest absolute Gasteiger partial charge is 0.322 e. The number of nitrogens with zero attached hydrogens (tertiary/aromatic N) is 2. The van der Waals surface area contributed by atoms with E-state index < -0.39 is 53.0 Å². The number of hydrazine groups is 1. The van der Waals surface area contributed by atoms with E-state index in [0.29, 0.717) is 36.8 Å². The summed E-state index contributed by atoms with van der Waals surface area (Å²) in [6.45, 7) is 10.6. The zero-order valence-corrected chi connectivity index (χ0v) is 24.5. The highest BCUT2D eigenvalue weighted by atomic mass is 19.1. The molecule has 1 saturated heterocycles. The molecule has 4 N–H and O–H groups in total. The Hall–Kier alpha value is -3.86. The lowest BCUT2D eigenvalue weighted by atomic mass is 9.89. The minimum atomic E-state index is -1.10. The van der Waals surface area contributed by atoms with Crippen molar-refractivity contribution in [2.75, 3.05) is 6.54 Å². The first-order valence-electron chi connectivity index (χ1n) is 13.9. The fourth-order valence-corrected chi connectivity index (χ4v) is 4.49. The Labute approximate surface area is 239 Å². The number of rotatable bonds is 10. The van der Waals surface area contributed by atoms with E-state index in [2.05, 4.69) is 21.0 Å². The molecule has 2 aromatic rings. The molecule has 1 aliphatic heterocycles. The van der Waals surface area contributed by atoms with Gasteiger partial charge in [0, 0.05) is 23.2 Å². The maximum absolute atomic E-state index is 15.2. The molecule has 10 nitrogen and oxygen atoms in total. The summed E-state index contributed by atoms with van der Waals surface area (Å²) in [5, 5.41) is 16.6. The molecule has 2 heterocycles. The lowest BCUT2D eigenvalue weighted by molar-refractivity contribution is -0.148. The number of carbonyl (C=O) groups is 4. The van der Waals surface area contributed by atoms with Gasteiger partial charge >= 0.3 is 5.97 Å². The van der Waals surface area contributed by atoms with Gasteiger partial charge < -0.3 is 15.7 Å². The Kier molecular flexibility index (Phi) is 10.2. The molecule has 3 amide bonds. The van der Waals surface area contributed by atoms with E-state index in [9.17, 15) is 24.3 Å². The number of carboxylic acids is 1. The van der Waals surface area contributed by atoms with Gasteiger partial charge in [0.1, 0.15) is 23.6 Å². The third kappa shape index (κ3) is 7.66. The van der Waals surface area contributed by atoms with Gasteiger partial charge in [0.2, 0.25) is 11.8 Å². The maximum atomic E-state index is 15.2. The van der Waals surface area contributed by atoms with Crippen LogP contribution in [0, 0.1) is 17.2 Å². The van der Waals surface area contributed by atoms with Crippen molar-refractivity contribution < 1.29 is 28.7 Å². The minimum Gasteiger partial charge on any atom is -0.480 e. The quantitative estimate of drug-likeness (QED) is 0.344. The molecule has 3 rings (SSSR count). The summed E-state index contributed by atoms with van der Waals surface area (Å²) in [7, 11) is 0. The second kappa shape index (κ2) is 13.2. The number of aliphatic carboxylic acids is 1. The Balaban J connectivity index is 1.68. The van der Waals surface area contributed by atoms with E-state index in [-0.39, 0.29) is 11.4 Å². The average molecular weight is 570 g/mol. The van der Waals surface area contributed by atoms with Gasteiger partial charge in [0.05, 0.1) is 5.41 Å². The molecule has 0 radical (unpaired) electrons. The van der Waals surface area contributed by atoms with Crippen molar-refractivity contribution in [1.29, 1.82) is 0 Å². The van der Waals surface area contributed by atoms with Crippen LogP contribution in [0.1, 0.15) is 65.6 Å². The standard InChI is InChI=1S/C30H40FN5O5/c1-7-21-13-12-20-11-10-19(23(31)25(20)33-21)14-15-30(5,6)29(41)34-24(17(2)3)26(37)32-18(4)27(38)36-16-8-9-22(35-36)28(39)40/h10-15,17-18,22,24,35H,7-9,16H2,1-6H3,(H,32,37)(H,34,41)(H,39,40)/b15-14+/t18-,22-,24-/m0/s1. The highest BCUT2D eigenvalue weighted by Crippen LogP contribution is 2.25. The second-order valence-electron chi connectivity index (χ2n) is 11.3. The first-order valence-corrected chi connectivity index (χ1v) is 13.9. The summed E-state index contributed by atoms with van der Waals surface area (Å²) >= 11 is 0. The van der Waals surface area contributed by atoms with Crippen molar-refractivity contribution in [3.8, 4) is 0 Å². The maximum Gasteiger partial charge on any atom is 0.322 e. The Morgan fingerprint density at radius 2 is 1.85 bits per heavy atom. The summed E-state index contributed by atoms with van der Waals surface area (Å²) in [6.07, 6.45) is 4.72. The summed E-state index contributed by atoms with van der Waals surface area (Å²) in [4.78, 5) is 55.0. The first-order chi connectivity index (χ1) is 19.2. The summed E-state index contributed by atoms with van der Waals surface area (Å²) in [5.41, 5.74) is 2.93. The molecule has 0 spiro atoms. The molecule has 41 heavy (non-hydrogen) atoms. The molecule has 3 atom stereocenters. The van der Waals surface area contributed by atoms with Crippen LogP contribution in [-0.4, -0.2) is 63.5 Å². The monoisotopic (exact) mass is 569 g/mol. The van der Waals surface area contributed by atoms with Gasteiger partial charge in [-0.3, -0.25) is 24.2 Å². The molecular formula is C30H40FN5O5. The van der Waals surface area contributed by atoms with Crippen LogP contribution < -0.4 is 16.1 Å². The van der Waals surface area contributed by atoms with Gasteiger partial charge in [0.25, 0.3) is 5.91 Å². The fraction of sp³-hybridized carbons (Fsp3) is 0.500. The summed E-state index contributed by atoms with van der Waals surface area (Å²) < 4.78 is 15.2. The fourth-order valence-electron chi connectivity index (χ4n) is 4.49. The molecule has 0 bridgehead atoms. The Bertz CT molecular complexity index is 1340. The highest BCUT2D eigenvalue weighted by Gasteiger charge is 2.34. The van der Waals surface area contributed by atoms with Gasteiger partial charge in [-0.1, -0.05) is 51.1 Å². The van der Waals surface area contributed by atoms with Crippen LogP contribution in [0.4, 0.5) is 4.39 Å². The Morgan fingerprint density at radius 3 is 2.49 bits per heavy atom. The molecule has 1 aromatic carbocycles. The third-order valence-corrected chi connectivity index (χ3v) is 7.23. The molecule has 222 valence electrons. The van der Waals surface area contributed by atoms with Crippen molar-refractivity contribution in [1.82, 2.24) is 26.1 Å². The van der Waals surface area contributed by atoms with Crippen LogP contribution in [0.25, 0.3) is 17.0 Å². The average Bonchev–Trinajstić information content (AvgIpc) is 2.94. The number of fused-ring (bicyclic) bond motifs is 1. The van der Waals surface area contributed by atoms with Crippen molar-refractivity contribution in [3.05, 3.63) is 47.4 Å². The van der Waals surface area contributed by atoms with Crippen molar-refractivity contribution in [3.63, 3.8) is 0 Å². The number of hydrogen-bond donors (Lipinski definition) is 4. The van der Waals surface area contributed by atoms with Gasteiger partial charge in [-0.05, 0) is 52.0 Å². The summed E-state index contributed by atoms with van der Waals surface area (Å²) in [5.74, 6) is -3.29. The number of hydrogen-bond acceptors (Lipinski definition) is 6. The zero-order chi connectivity index (χ0) is 30.5. The first kappa shape index (κ1) is 31.7. The number of aromatic nitrogens is 1. The van der Waals surface area contributed by atoms with Crippen LogP contribution in [0.5, 0.6) is 0 Å². The molecular weight excluding hydrogens is 529 g/mol. The topological polar surface area (TPSA) is 141 Å². The molecule has 1 aliphatic rings. The highest BCUT2D eigenvalue weighted by molar-refractivity contribution is 5.94. The number of carbonyl (C=O) groups excluding carboxylic acids is 3. The van der Waals surface area contributed by atoms with Crippen LogP contribution in [0.3, 0.4) is 0 Å². The number of amides is 3. The second-order valence-corrected chi connectivity index (χ2v) is 11.3. The SMILES string of the molecule is CCc1ccc2ccc(/C=C/C(C)(C)C(=O)N[C@H](C(=O)N[C@@H](C)C(=O)N3CCC[C@@H](C(=O)O)N3)C(C)C)c(F)c2n1. The molecule has 0 saturated carbocycles. The van der Waals surface area contributed by atoms with Crippen molar-refractivity contribution in [2.24, 2.45) is 11.3 Å². The van der Waals surface area contributed by atoms with E-state index in [1.54, 1.807) is 45.9 Å². The molecule has 1 fully saturated rings. The normalized spacial score (nSPS) is 17.5. The number of nitrogens with one attached hydrogen (secondary N) is 3. The van der Waals surface area contributed by atoms with E-state index in [0.717, 1.165) is 5.69 Å². The molecule has 0 unspecified atom stereocenters. The predicted octanol–water partition coefficient (Wildman–Crippen LogP) is 3.20. The predicted molar refractivity (Wildman–Crippen MR) is 154 cm³/mol. The van der Waals surface area contributed by atoms with Gasteiger partial charge in [-0.2, -0.15) is 0 Å². The van der Waals surface area contributed by atoms with Crippen molar-refractivity contribution >= 4 is 40.7 Å². The van der Waals surface area contributed by atoms with Crippen molar-refractivity contribution in [2.45, 2.75) is 78.9 Å². The van der Waals surface area contributed by atoms with E-state index >= 15 is 4.39 Å². The lowest BCUT2D eigenvalue weighted by Gasteiger charge is -2.34. The van der Waals surface area contributed by atoms with E-state index in [4.69, 9.17) is 0 Å². The number of aryl methyl sites for hydroxylation is 1. The van der Waals surface area contributed by atoms with Crippen LogP contribution in [-0.2, 0) is 25.6 Å². The van der Waals surface area contributed by atoms with E-state index in [1.807, 2.05) is 19.1 Å². The third-order valence-electron chi connectivity index (χ3n) is 7.23. The zero-order valence-electron chi connectivity index (χ0n) is 24.5. The number of pyridine rings is 1. The largest absolute Gasteiger partial charge is 0.480 e. The Morgan fingerprint density at radius 1 is 1.17 bits per heavy atom. The molecule has 0 aliphatic carbocycles. The number of carboxylic acid groups (broad SMARTS) is 1. The molecule has 11 heteroatoms.